The van der Waals surface area contributed by atoms with Gasteiger partial charge in [0.15, 0.2) is 0 Å². The molecule has 5 nitrogen and oxygen atoms in total. The van der Waals surface area contributed by atoms with Gasteiger partial charge >= 0.3 is 0 Å². The van der Waals surface area contributed by atoms with Gasteiger partial charge in [0.1, 0.15) is 6.04 Å². The molecular formula is C12H23N3O2. The number of rotatable bonds is 5. The van der Waals surface area contributed by atoms with Crippen LogP contribution in [0.3, 0.4) is 0 Å². The number of nitrogens with one attached hydrogen (secondary N) is 3. The summed E-state index contributed by atoms with van der Waals surface area (Å²) in [6.07, 6.45) is 0. The predicted molar refractivity (Wildman–Crippen MR) is 66.4 cm³/mol. The molecule has 17 heavy (non-hydrogen) atoms. The largest absolute Gasteiger partial charge is 0.352 e. The zero-order valence-corrected chi connectivity index (χ0v) is 11.0. The van der Waals surface area contributed by atoms with Gasteiger partial charge in [-0.15, -0.1) is 0 Å². The average Bonchev–Trinajstić information content (AvgIpc) is 2.13. The quantitative estimate of drug-likeness (QED) is 0.628. The van der Waals surface area contributed by atoms with Gasteiger partial charge in [-0.3, -0.25) is 9.59 Å². The molecule has 0 aliphatic carbocycles. The Morgan fingerprint density at radius 3 is 2.06 bits per heavy atom. The second-order valence-corrected chi connectivity index (χ2v) is 5.10. The highest BCUT2D eigenvalue weighted by Gasteiger charge is 2.30. The summed E-state index contributed by atoms with van der Waals surface area (Å²) in [4.78, 5) is 23.5. The molecule has 2 unspecified atom stereocenters. The molecule has 0 bridgehead atoms. The first kappa shape index (κ1) is 14.0. The molecule has 0 saturated carbocycles. The van der Waals surface area contributed by atoms with E-state index in [4.69, 9.17) is 0 Å². The number of hydrogen-bond donors (Lipinski definition) is 3. The lowest BCUT2D eigenvalue weighted by atomic mass is 9.88. The van der Waals surface area contributed by atoms with Crippen molar-refractivity contribution in [2.45, 2.75) is 39.8 Å². The Hall–Kier alpha value is -1.10. The molecule has 1 rings (SSSR count). The maximum absolute atomic E-state index is 11.9. The van der Waals surface area contributed by atoms with E-state index in [1.807, 2.05) is 20.8 Å². The Bertz CT molecular complexity index is 287. The second-order valence-electron chi connectivity index (χ2n) is 5.10. The minimum atomic E-state index is -0.472. The lowest BCUT2D eigenvalue weighted by Gasteiger charge is -2.32. The average molecular weight is 241 g/mol. The maximum atomic E-state index is 11.9. The van der Waals surface area contributed by atoms with Crippen molar-refractivity contribution in [3.8, 4) is 0 Å². The van der Waals surface area contributed by atoms with Crippen LogP contribution in [0.2, 0.25) is 0 Å². The summed E-state index contributed by atoms with van der Waals surface area (Å²) in [7, 11) is 0. The molecule has 2 atom stereocenters. The van der Waals surface area contributed by atoms with E-state index >= 15 is 0 Å². The Balaban J connectivity index is 2.36. The second kappa shape index (κ2) is 6.00. The van der Waals surface area contributed by atoms with E-state index in [9.17, 15) is 9.59 Å². The molecule has 0 aromatic heterocycles. The molecule has 0 aromatic carbocycles. The molecule has 0 radical (unpaired) electrons. The van der Waals surface area contributed by atoms with Crippen molar-refractivity contribution >= 4 is 11.8 Å². The molecule has 2 amide bonds. The van der Waals surface area contributed by atoms with Crippen molar-refractivity contribution < 1.29 is 9.59 Å². The summed E-state index contributed by atoms with van der Waals surface area (Å²) < 4.78 is 0. The summed E-state index contributed by atoms with van der Waals surface area (Å²) in [5.41, 5.74) is 0. The van der Waals surface area contributed by atoms with Gasteiger partial charge in [-0.25, -0.2) is 0 Å². The number of carbonyl (C=O) groups excluding carboxylic acids is 2. The van der Waals surface area contributed by atoms with E-state index in [1.54, 1.807) is 6.92 Å². The van der Waals surface area contributed by atoms with Gasteiger partial charge in [0, 0.05) is 12.0 Å². The van der Waals surface area contributed by atoms with Crippen molar-refractivity contribution in [2.75, 3.05) is 13.1 Å². The molecule has 1 fully saturated rings. The Kier molecular flexibility index (Phi) is 4.93. The number of carbonyl (C=O) groups is 2. The van der Waals surface area contributed by atoms with Gasteiger partial charge in [0.2, 0.25) is 11.8 Å². The third-order valence-corrected chi connectivity index (χ3v) is 3.12. The van der Waals surface area contributed by atoms with Crippen LogP contribution in [-0.4, -0.2) is 37.0 Å². The van der Waals surface area contributed by atoms with Crippen LogP contribution < -0.4 is 16.0 Å². The number of hydrogen-bond acceptors (Lipinski definition) is 3. The lowest BCUT2D eigenvalue weighted by Crippen LogP contribution is -2.53. The topological polar surface area (TPSA) is 70.2 Å². The predicted octanol–water partition coefficient (Wildman–Crippen LogP) is -0.129. The SMILES string of the molecule is CC(C)NC(=O)C(C)NC(=O)C(C)C1CNC1. The standard InChI is InChI=1S/C12H23N3O2/c1-7(2)14-12(17)9(4)15-11(16)8(3)10-5-13-6-10/h7-10,13H,5-6H2,1-4H3,(H,14,17)(H,15,16). The van der Waals surface area contributed by atoms with Crippen molar-refractivity contribution in [1.29, 1.82) is 0 Å². The Morgan fingerprint density at radius 2 is 1.65 bits per heavy atom. The fraction of sp³-hybridized carbons (Fsp3) is 0.833. The third kappa shape index (κ3) is 4.00. The minimum absolute atomic E-state index is 0.0365. The highest BCUT2D eigenvalue weighted by atomic mass is 16.2. The first-order valence-corrected chi connectivity index (χ1v) is 6.23. The molecule has 1 heterocycles. The van der Waals surface area contributed by atoms with Crippen molar-refractivity contribution in [2.24, 2.45) is 11.8 Å². The van der Waals surface area contributed by atoms with Gasteiger partial charge in [-0.1, -0.05) is 6.92 Å². The molecule has 0 spiro atoms. The highest BCUT2D eigenvalue weighted by Crippen LogP contribution is 2.15. The lowest BCUT2D eigenvalue weighted by molar-refractivity contribution is -0.132. The van der Waals surface area contributed by atoms with E-state index in [2.05, 4.69) is 16.0 Å². The van der Waals surface area contributed by atoms with Crippen LogP contribution in [0, 0.1) is 11.8 Å². The molecule has 5 heteroatoms. The fourth-order valence-corrected chi connectivity index (χ4v) is 1.70. The van der Waals surface area contributed by atoms with Crippen molar-refractivity contribution in [3.63, 3.8) is 0 Å². The molecular weight excluding hydrogens is 218 g/mol. The molecule has 1 saturated heterocycles. The zero-order chi connectivity index (χ0) is 13.0. The summed E-state index contributed by atoms with van der Waals surface area (Å²) in [6.45, 7) is 9.20. The number of amides is 2. The van der Waals surface area contributed by atoms with Gasteiger partial charge in [-0.05, 0) is 39.8 Å². The Labute approximate surface area is 103 Å². The van der Waals surface area contributed by atoms with Crippen LogP contribution in [-0.2, 0) is 9.59 Å². The minimum Gasteiger partial charge on any atom is -0.352 e. The van der Waals surface area contributed by atoms with Crippen LogP contribution >= 0.6 is 0 Å². The van der Waals surface area contributed by atoms with Gasteiger partial charge in [0.05, 0.1) is 0 Å². The van der Waals surface area contributed by atoms with E-state index in [-0.39, 0.29) is 23.8 Å². The third-order valence-electron chi connectivity index (χ3n) is 3.12. The van der Waals surface area contributed by atoms with E-state index < -0.39 is 6.04 Å². The van der Waals surface area contributed by atoms with Crippen LogP contribution in [0.5, 0.6) is 0 Å². The summed E-state index contributed by atoms with van der Waals surface area (Å²) in [5.74, 6) is 0.191. The van der Waals surface area contributed by atoms with E-state index in [0.29, 0.717) is 5.92 Å². The van der Waals surface area contributed by atoms with Gasteiger partial charge in [-0.2, -0.15) is 0 Å². The highest BCUT2D eigenvalue weighted by molar-refractivity contribution is 5.88. The molecule has 98 valence electrons. The normalized spacial score (nSPS) is 19.4. The fourth-order valence-electron chi connectivity index (χ4n) is 1.70. The van der Waals surface area contributed by atoms with Crippen LogP contribution in [0.15, 0.2) is 0 Å². The molecule has 3 N–H and O–H groups in total. The Morgan fingerprint density at radius 1 is 1.06 bits per heavy atom. The molecule has 1 aliphatic rings. The monoisotopic (exact) mass is 241 g/mol. The smallest absolute Gasteiger partial charge is 0.242 e. The molecule has 1 aliphatic heterocycles. The first-order chi connectivity index (χ1) is 7.91. The van der Waals surface area contributed by atoms with Crippen LogP contribution in [0.4, 0.5) is 0 Å². The zero-order valence-electron chi connectivity index (χ0n) is 11.0. The molecule has 0 aromatic rings. The van der Waals surface area contributed by atoms with Gasteiger partial charge in [0.25, 0.3) is 0 Å². The van der Waals surface area contributed by atoms with Gasteiger partial charge < -0.3 is 16.0 Å². The summed E-state index contributed by atoms with van der Waals surface area (Å²) in [6, 6.07) is -0.379. The summed E-state index contributed by atoms with van der Waals surface area (Å²) >= 11 is 0. The maximum Gasteiger partial charge on any atom is 0.242 e. The van der Waals surface area contributed by atoms with E-state index in [1.165, 1.54) is 0 Å². The van der Waals surface area contributed by atoms with Crippen molar-refractivity contribution in [3.05, 3.63) is 0 Å². The van der Waals surface area contributed by atoms with Crippen molar-refractivity contribution in [1.82, 2.24) is 16.0 Å². The van der Waals surface area contributed by atoms with Crippen LogP contribution in [0.1, 0.15) is 27.7 Å². The first-order valence-electron chi connectivity index (χ1n) is 6.23. The van der Waals surface area contributed by atoms with Crippen LogP contribution in [0.25, 0.3) is 0 Å². The summed E-state index contributed by atoms with van der Waals surface area (Å²) in [5, 5.41) is 8.67. The van der Waals surface area contributed by atoms with E-state index in [0.717, 1.165) is 13.1 Å².